The summed E-state index contributed by atoms with van der Waals surface area (Å²) in [4.78, 5) is 23.2. The molecule has 1 amide bonds. The molecule has 0 aliphatic carbocycles. The molecule has 0 aliphatic heterocycles. The minimum atomic E-state index is -1.10. The van der Waals surface area contributed by atoms with E-state index >= 15 is 0 Å². The van der Waals surface area contributed by atoms with E-state index in [4.69, 9.17) is 0 Å². The Morgan fingerprint density at radius 1 is 1.00 bits per heavy atom. The largest absolute Gasteiger partial charge is 0.478 e. The Kier molecular flexibility index (Phi) is 5.39. The van der Waals surface area contributed by atoms with Crippen LogP contribution in [0.15, 0.2) is 42.5 Å². The van der Waals surface area contributed by atoms with Gasteiger partial charge in [-0.2, -0.15) is 0 Å². The molecular formula is C20H19NO3. The van der Waals surface area contributed by atoms with Gasteiger partial charge >= 0.3 is 5.97 Å². The highest BCUT2D eigenvalue weighted by Gasteiger charge is 2.14. The fourth-order valence-electron chi connectivity index (χ4n) is 1.97. The second kappa shape index (κ2) is 7.47. The average Bonchev–Trinajstić information content (AvgIpc) is 2.55. The van der Waals surface area contributed by atoms with Gasteiger partial charge < -0.3 is 10.4 Å². The van der Waals surface area contributed by atoms with E-state index in [1.165, 1.54) is 6.07 Å². The van der Waals surface area contributed by atoms with E-state index in [2.05, 4.69) is 17.2 Å². The Hall–Kier alpha value is -3.06. The number of anilines is 1. The molecule has 24 heavy (non-hydrogen) atoms. The zero-order chi connectivity index (χ0) is 17.7. The van der Waals surface area contributed by atoms with Crippen LogP contribution in [-0.4, -0.2) is 17.0 Å². The third kappa shape index (κ3) is 4.47. The van der Waals surface area contributed by atoms with Crippen LogP contribution in [-0.2, 0) is 4.79 Å². The van der Waals surface area contributed by atoms with Crippen LogP contribution in [0.25, 0.3) is 0 Å². The maximum atomic E-state index is 11.8. The van der Waals surface area contributed by atoms with Crippen LogP contribution in [0.3, 0.4) is 0 Å². The van der Waals surface area contributed by atoms with E-state index in [-0.39, 0.29) is 23.1 Å². The van der Waals surface area contributed by atoms with Crippen molar-refractivity contribution >= 4 is 17.6 Å². The first-order chi connectivity index (χ1) is 11.4. The maximum absolute atomic E-state index is 11.8. The highest BCUT2D eigenvalue weighted by atomic mass is 16.4. The molecule has 0 saturated carbocycles. The number of amides is 1. The SMILES string of the molecule is Cc1ccc(C#Cc2ccc(NC(=O)C(C)C)c(C(=O)O)c2)cc1. The summed E-state index contributed by atoms with van der Waals surface area (Å²) < 4.78 is 0. The highest BCUT2D eigenvalue weighted by molar-refractivity contribution is 6.01. The number of rotatable bonds is 3. The van der Waals surface area contributed by atoms with E-state index in [0.717, 1.165) is 11.1 Å². The van der Waals surface area contributed by atoms with Crippen molar-refractivity contribution in [2.75, 3.05) is 5.32 Å². The lowest BCUT2D eigenvalue weighted by Gasteiger charge is -2.10. The summed E-state index contributed by atoms with van der Waals surface area (Å²) >= 11 is 0. The Bertz CT molecular complexity index is 824. The molecule has 0 atom stereocenters. The number of hydrogen-bond acceptors (Lipinski definition) is 2. The summed E-state index contributed by atoms with van der Waals surface area (Å²) in [7, 11) is 0. The second-order valence-electron chi connectivity index (χ2n) is 5.83. The molecule has 2 N–H and O–H groups in total. The Labute approximate surface area is 141 Å². The predicted octanol–water partition coefficient (Wildman–Crippen LogP) is 3.69. The Morgan fingerprint density at radius 3 is 2.17 bits per heavy atom. The molecule has 0 aromatic heterocycles. The van der Waals surface area contributed by atoms with Gasteiger partial charge in [-0.05, 0) is 37.3 Å². The molecule has 0 fully saturated rings. The van der Waals surface area contributed by atoms with Crippen molar-refractivity contribution in [2.24, 2.45) is 5.92 Å². The number of carboxylic acids is 1. The van der Waals surface area contributed by atoms with Crippen LogP contribution in [0.5, 0.6) is 0 Å². The van der Waals surface area contributed by atoms with Crippen LogP contribution in [0, 0.1) is 24.7 Å². The van der Waals surface area contributed by atoms with Crippen LogP contribution in [0.4, 0.5) is 5.69 Å². The number of carbonyl (C=O) groups is 2. The number of carboxylic acid groups (broad SMARTS) is 1. The highest BCUT2D eigenvalue weighted by Crippen LogP contribution is 2.18. The van der Waals surface area contributed by atoms with Crippen molar-refractivity contribution in [3.63, 3.8) is 0 Å². The molecule has 2 rings (SSSR count). The first-order valence-electron chi connectivity index (χ1n) is 7.63. The Morgan fingerprint density at radius 2 is 1.58 bits per heavy atom. The van der Waals surface area contributed by atoms with Gasteiger partial charge in [0.2, 0.25) is 5.91 Å². The summed E-state index contributed by atoms with van der Waals surface area (Å²) in [5, 5.41) is 12.0. The lowest BCUT2D eigenvalue weighted by Crippen LogP contribution is -2.19. The van der Waals surface area contributed by atoms with Gasteiger partial charge in [0, 0.05) is 17.0 Å². The van der Waals surface area contributed by atoms with Gasteiger partial charge in [0.25, 0.3) is 0 Å². The van der Waals surface area contributed by atoms with Gasteiger partial charge in [-0.1, -0.05) is 43.4 Å². The van der Waals surface area contributed by atoms with Crippen molar-refractivity contribution < 1.29 is 14.7 Å². The predicted molar refractivity (Wildman–Crippen MR) is 94.0 cm³/mol. The maximum Gasteiger partial charge on any atom is 0.337 e. The molecule has 0 radical (unpaired) electrons. The summed E-state index contributed by atoms with van der Waals surface area (Å²) in [5.74, 6) is 4.40. The van der Waals surface area contributed by atoms with Crippen LogP contribution in [0.2, 0.25) is 0 Å². The summed E-state index contributed by atoms with van der Waals surface area (Å²) in [5.41, 5.74) is 2.89. The third-order valence-electron chi connectivity index (χ3n) is 3.43. The lowest BCUT2D eigenvalue weighted by molar-refractivity contribution is -0.118. The number of aryl methyl sites for hydroxylation is 1. The zero-order valence-electron chi connectivity index (χ0n) is 13.9. The fourth-order valence-corrected chi connectivity index (χ4v) is 1.97. The van der Waals surface area contributed by atoms with Crippen LogP contribution in [0.1, 0.15) is 40.9 Å². The van der Waals surface area contributed by atoms with Gasteiger partial charge in [-0.3, -0.25) is 4.79 Å². The second-order valence-corrected chi connectivity index (χ2v) is 5.83. The molecule has 0 unspecified atom stereocenters. The topological polar surface area (TPSA) is 66.4 Å². The zero-order valence-corrected chi connectivity index (χ0v) is 13.9. The molecular weight excluding hydrogens is 302 g/mol. The number of nitrogens with one attached hydrogen (secondary N) is 1. The molecule has 0 heterocycles. The first-order valence-corrected chi connectivity index (χ1v) is 7.63. The number of aromatic carboxylic acids is 1. The normalized spacial score (nSPS) is 10.0. The lowest BCUT2D eigenvalue weighted by atomic mass is 10.1. The minimum Gasteiger partial charge on any atom is -0.478 e. The van der Waals surface area contributed by atoms with Gasteiger partial charge in [0.15, 0.2) is 0 Å². The standard InChI is InChI=1S/C20H19NO3/c1-13(2)19(22)21-18-11-10-16(12-17(18)20(23)24)9-8-15-6-4-14(3)5-7-15/h4-7,10-13H,1-3H3,(H,21,22)(H,23,24). The van der Waals surface area contributed by atoms with E-state index in [9.17, 15) is 14.7 Å². The molecule has 4 heteroatoms. The van der Waals surface area contributed by atoms with E-state index < -0.39 is 5.97 Å². The average molecular weight is 321 g/mol. The molecule has 4 nitrogen and oxygen atoms in total. The number of hydrogen-bond donors (Lipinski definition) is 2. The molecule has 0 bridgehead atoms. The van der Waals surface area contributed by atoms with Crippen LogP contribution < -0.4 is 5.32 Å². The summed E-state index contributed by atoms with van der Waals surface area (Å²) in [6, 6.07) is 12.5. The monoisotopic (exact) mass is 321 g/mol. The van der Waals surface area contributed by atoms with Crippen molar-refractivity contribution in [1.82, 2.24) is 0 Å². The number of benzene rings is 2. The number of carbonyl (C=O) groups excluding carboxylic acids is 1. The molecule has 0 spiro atoms. The van der Waals surface area contributed by atoms with Crippen molar-refractivity contribution in [3.8, 4) is 11.8 Å². The molecule has 0 saturated heterocycles. The molecule has 2 aromatic rings. The van der Waals surface area contributed by atoms with E-state index in [0.29, 0.717) is 5.56 Å². The van der Waals surface area contributed by atoms with Gasteiger partial charge in [-0.15, -0.1) is 0 Å². The van der Waals surface area contributed by atoms with Crippen molar-refractivity contribution in [3.05, 3.63) is 64.7 Å². The third-order valence-corrected chi connectivity index (χ3v) is 3.43. The molecule has 122 valence electrons. The summed E-state index contributed by atoms with van der Waals surface area (Å²) in [6.07, 6.45) is 0. The molecule has 0 aliphatic rings. The smallest absolute Gasteiger partial charge is 0.337 e. The molecule has 2 aromatic carbocycles. The van der Waals surface area contributed by atoms with Gasteiger partial charge in [0.1, 0.15) is 0 Å². The Balaban J connectivity index is 2.30. The van der Waals surface area contributed by atoms with Gasteiger partial charge in [-0.25, -0.2) is 4.79 Å². The fraction of sp³-hybridized carbons (Fsp3) is 0.200. The van der Waals surface area contributed by atoms with Gasteiger partial charge in [0.05, 0.1) is 11.3 Å². The van der Waals surface area contributed by atoms with E-state index in [1.54, 1.807) is 26.0 Å². The first kappa shape index (κ1) is 17.3. The summed E-state index contributed by atoms with van der Waals surface area (Å²) in [6.45, 7) is 5.49. The van der Waals surface area contributed by atoms with Crippen molar-refractivity contribution in [2.45, 2.75) is 20.8 Å². The minimum absolute atomic E-state index is 0.0275. The van der Waals surface area contributed by atoms with E-state index in [1.807, 2.05) is 31.2 Å². The van der Waals surface area contributed by atoms with Crippen molar-refractivity contribution in [1.29, 1.82) is 0 Å². The van der Waals surface area contributed by atoms with Crippen LogP contribution >= 0.6 is 0 Å². The quantitative estimate of drug-likeness (QED) is 0.847.